The third kappa shape index (κ3) is 3.63. The van der Waals surface area contributed by atoms with Gasteiger partial charge in [0.05, 0.1) is 12.0 Å². The molecule has 2 rings (SSSR count). The maximum atomic E-state index is 12.4. The third-order valence-electron chi connectivity index (χ3n) is 3.06. The topological polar surface area (TPSA) is 98.5 Å². The number of nitrogens with one attached hydrogen (secondary N) is 1. The van der Waals surface area contributed by atoms with Crippen molar-refractivity contribution in [3.8, 4) is 5.75 Å². The normalized spacial score (nSPS) is 12.6. The van der Waals surface area contributed by atoms with Crippen LogP contribution in [0.4, 0.5) is 0 Å². The highest BCUT2D eigenvalue weighted by Gasteiger charge is 2.25. The van der Waals surface area contributed by atoms with Crippen LogP contribution in [0.3, 0.4) is 0 Å². The van der Waals surface area contributed by atoms with Gasteiger partial charge in [0.15, 0.2) is 0 Å². The average Bonchev–Trinajstić information content (AvgIpc) is 2.53. The second kappa shape index (κ2) is 6.59. The summed E-state index contributed by atoms with van der Waals surface area (Å²) in [6.45, 7) is 0. The Morgan fingerprint density at radius 1 is 1.09 bits per heavy atom. The molecule has 1 amide bonds. The van der Waals surface area contributed by atoms with Crippen molar-refractivity contribution in [1.29, 1.82) is 0 Å². The van der Waals surface area contributed by atoms with Crippen LogP contribution >= 0.6 is 0 Å². The number of rotatable bonds is 6. The summed E-state index contributed by atoms with van der Waals surface area (Å²) in [5, 5.41) is 0. The molecule has 6 nitrogen and oxygen atoms in total. The first-order chi connectivity index (χ1) is 10.4. The lowest BCUT2D eigenvalue weighted by Gasteiger charge is -2.16. The van der Waals surface area contributed by atoms with Crippen LogP contribution in [0.15, 0.2) is 59.5 Å². The molecule has 0 aliphatic carbocycles. The molecule has 2 aromatic carbocycles. The molecule has 1 unspecified atom stereocenters. The lowest BCUT2D eigenvalue weighted by molar-refractivity contribution is -0.119. The maximum Gasteiger partial charge on any atom is 0.241 e. The van der Waals surface area contributed by atoms with Crippen molar-refractivity contribution in [3.05, 3.63) is 60.2 Å². The standard InChI is InChI=1S/C15H16N2O4S/c1-21-12-7-9-13(10-8-12)22(19,20)17-14(15(16)18)11-5-3-2-4-6-11/h2-10,14,17H,1H3,(H2,16,18). The Kier molecular flexibility index (Phi) is 4.79. The van der Waals surface area contributed by atoms with Crippen LogP contribution in [-0.2, 0) is 14.8 Å². The summed E-state index contributed by atoms with van der Waals surface area (Å²) in [5.74, 6) is -0.239. The predicted molar refractivity (Wildman–Crippen MR) is 81.7 cm³/mol. The first-order valence-corrected chi connectivity index (χ1v) is 7.93. The monoisotopic (exact) mass is 320 g/mol. The highest BCUT2D eigenvalue weighted by Crippen LogP contribution is 2.19. The molecule has 0 spiro atoms. The van der Waals surface area contributed by atoms with E-state index in [1.54, 1.807) is 30.3 Å². The van der Waals surface area contributed by atoms with E-state index in [2.05, 4.69) is 4.72 Å². The fraction of sp³-hybridized carbons (Fsp3) is 0.133. The molecule has 7 heteroatoms. The number of primary amides is 1. The average molecular weight is 320 g/mol. The van der Waals surface area contributed by atoms with Crippen LogP contribution in [-0.4, -0.2) is 21.4 Å². The molecule has 116 valence electrons. The third-order valence-corrected chi connectivity index (χ3v) is 4.50. The zero-order valence-electron chi connectivity index (χ0n) is 11.9. The Morgan fingerprint density at radius 3 is 2.18 bits per heavy atom. The largest absolute Gasteiger partial charge is 0.497 e. The number of amides is 1. The molecule has 0 fully saturated rings. The molecule has 1 atom stereocenters. The van der Waals surface area contributed by atoms with Crippen molar-refractivity contribution in [3.63, 3.8) is 0 Å². The summed E-state index contributed by atoms with van der Waals surface area (Å²) >= 11 is 0. The first-order valence-electron chi connectivity index (χ1n) is 6.44. The van der Waals surface area contributed by atoms with Crippen molar-refractivity contribution >= 4 is 15.9 Å². The minimum Gasteiger partial charge on any atom is -0.497 e. The van der Waals surface area contributed by atoms with E-state index in [1.165, 1.54) is 31.4 Å². The number of carbonyl (C=O) groups is 1. The smallest absolute Gasteiger partial charge is 0.241 e. The number of nitrogens with two attached hydrogens (primary N) is 1. The summed E-state index contributed by atoms with van der Waals surface area (Å²) < 4.78 is 32.0. The van der Waals surface area contributed by atoms with Crippen LogP contribution in [0, 0.1) is 0 Å². The second-order valence-corrected chi connectivity index (χ2v) is 6.26. The highest BCUT2D eigenvalue weighted by atomic mass is 32.2. The van der Waals surface area contributed by atoms with Gasteiger partial charge in [0.2, 0.25) is 15.9 Å². The van der Waals surface area contributed by atoms with E-state index in [4.69, 9.17) is 10.5 Å². The molecular weight excluding hydrogens is 304 g/mol. The molecule has 0 saturated heterocycles. The Morgan fingerprint density at radius 2 is 1.68 bits per heavy atom. The number of carbonyl (C=O) groups excluding carboxylic acids is 1. The fourth-order valence-electron chi connectivity index (χ4n) is 1.91. The van der Waals surface area contributed by atoms with Gasteiger partial charge in [-0.05, 0) is 29.8 Å². The van der Waals surface area contributed by atoms with E-state index in [0.717, 1.165) is 0 Å². The van der Waals surface area contributed by atoms with E-state index >= 15 is 0 Å². The highest BCUT2D eigenvalue weighted by molar-refractivity contribution is 7.89. The molecule has 0 bridgehead atoms. The van der Waals surface area contributed by atoms with Gasteiger partial charge in [-0.25, -0.2) is 8.42 Å². The SMILES string of the molecule is COc1ccc(S(=O)(=O)NC(C(N)=O)c2ccccc2)cc1. The van der Waals surface area contributed by atoms with Crippen LogP contribution in [0.5, 0.6) is 5.75 Å². The minimum absolute atomic E-state index is 0.0236. The lowest BCUT2D eigenvalue weighted by Crippen LogP contribution is -2.37. The zero-order valence-corrected chi connectivity index (χ0v) is 12.7. The Bertz CT molecular complexity index is 743. The van der Waals surface area contributed by atoms with Crippen LogP contribution in [0.25, 0.3) is 0 Å². The summed E-state index contributed by atoms with van der Waals surface area (Å²) in [7, 11) is -2.40. The molecule has 0 radical (unpaired) electrons. The van der Waals surface area contributed by atoms with Gasteiger partial charge in [-0.15, -0.1) is 0 Å². The van der Waals surface area contributed by atoms with Gasteiger partial charge < -0.3 is 10.5 Å². The lowest BCUT2D eigenvalue weighted by atomic mass is 10.1. The van der Waals surface area contributed by atoms with Gasteiger partial charge >= 0.3 is 0 Å². The van der Waals surface area contributed by atoms with Crippen molar-refractivity contribution in [2.45, 2.75) is 10.9 Å². The Labute approximate surface area is 129 Å². The molecule has 0 aliphatic heterocycles. The fourth-order valence-corrected chi connectivity index (χ4v) is 3.11. The van der Waals surface area contributed by atoms with Gasteiger partial charge in [0, 0.05) is 0 Å². The second-order valence-electron chi connectivity index (χ2n) is 4.54. The van der Waals surface area contributed by atoms with Gasteiger partial charge in [-0.3, -0.25) is 4.79 Å². The maximum absolute atomic E-state index is 12.4. The molecule has 3 N–H and O–H groups in total. The van der Waals surface area contributed by atoms with Crippen molar-refractivity contribution in [1.82, 2.24) is 4.72 Å². The zero-order chi connectivity index (χ0) is 16.2. The van der Waals surface area contributed by atoms with Gasteiger partial charge in [-0.1, -0.05) is 30.3 Å². The van der Waals surface area contributed by atoms with Crippen LogP contribution in [0.1, 0.15) is 11.6 Å². The van der Waals surface area contributed by atoms with Crippen molar-refractivity contribution in [2.75, 3.05) is 7.11 Å². The number of sulfonamides is 1. The van der Waals surface area contributed by atoms with Gasteiger partial charge in [0.1, 0.15) is 11.8 Å². The number of hydrogen-bond donors (Lipinski definition) is 2. The Hall–Kier alpha value is -2.38. The summed E-state index contributed by atoms with van der Waals surface area (Å²) in [5.41, 5.74) is 5.79. The Balaban J connectivity index is 2.30. The molecule has 0 aliphatic rings. The van der Waals surface area contributed by atoms with Crippen molar-refractivity contribution < 1.29 is 17.9 Å². The van der Waals surface area contributed by atoms with E-state index in [0.29, 0.717) is 11.3 Å². The number of hydrogen-bond acceptors (Lipinski definition) is 4. The van der Waals surface area contributed by atoms with E-state index in [9.17, 15) is 13.2 Å². The number of ether oxygens (including phenoxy) is 1. The minimum atomic E-state index is -3.88. The van der Waals surface area contributed by atoms with Crippen LogP contribution in [0.2, 0.25) is 0 Å². The van der Waals surface area contributed by atoms with E-state index in [1.807, 2.05) is 0 Å². The molecule has 0 heterocycles. The molecule has 0 aromatic heterocycles. The quantitative estimate of drug-likeness (QED) is 0.835. The van der Waals surface area contributed by atoms with Crippen molar-refractivity contribution in [2.24, 2.45) is 5.73 Å². The van der Waals surface area contributed by atoms with Gasteiger partial charge in [0.25, 0.3) is 0 Å². The summed E-state index contributed by atoms with van der Waals surface area (Å²) in [6.07, 6.45) is 0. The first kappa shape index (κ1) is 16.0. The molecule has 0 saturated carbocycles. The van der Waals surface area contributed by atoms with Gasteiger partial charge in [-0.2, -0.15) is 4.72 Å². The molecule has 22 heavy (non-hydrogen) atoms. The van der Waals surface area contributed by atoms with E-state index in [-0.39, 0.29) is 4.90 Å². The number of benzene rings is 2. The molecular formula is C15H16N2O4S. The number of methoxy groups -OCH3 is 1. The van der Waals surface area contributed by atoms with Crippen LogP contribution < -0.4 is 15.2 Å². The molecule has 2 aromatic rings. The summed E-state index contributed by atoms with van der Waals surface area (Å²) in [4.78, 5) is 11.6. The predicted octanol–water partition coefficient (Wildman–Crippen LogP) is 1.20. The summed E-state index contributed by atoms with van der Waals surface area (Å²) in [6, 6.07) is 13.1. The van der Waals surface area contributed by atoms with E-state index < -0.39 is 22.0 Å².